The summed E-state index contributed by atoms with van der Waals surface area (Å²) in [5.74, 6) is -2.27. The molecule has 4 N–H and O–H groups in total. The van der Waals surface area contributed by atoms with E-state index in [9.17, 15) is 26.7 Å². The zero-order chi connectivity index (χ0) is 25.4. The minimum absolute atomic E-state index is 0.0822. The second-order valence-corrected chi connectivity index (χ2v) is 8.30. The highest BCUT2D eigenvalue weighted by atomic mass is 32.2. The molecule has 0 aromatic heterocycles. The number of ether oxygens (including phenoxy) is 1. The van der Waals surface area contributed by atoms with E-state index in [-0.39, 0.29) is 10.6 Å². The lowest BCUT2D eigenvalue weighted by Crippen LogP contribution is -2.21. The molecule has 8 nitrogen and oxygen atoms in total. The molecule has 0 unspecified atom stereocenters. The first kappa shape index (κ1) is 26.3. The highest BCUT2D eigenvalue weighted by Crippen LogP contribution is 2.30. The van der Waals surface area contributed by atoms with Gasteiger partial charge in [-0.05, 0) is 42.5 Å². The van der Waals surface area contributed by atoms with Crippen LogP contribution in [-0.4, -0.2) is 37.9 Å². The molecule has 3 aromatic carbocycles. The van der Waals surface area contributed by atoms with Crippen LogP contribution in [0.2, 0.25) is 0 Å². The molecule has 0 aliphatic carbocycles. The van der Waals surface area contributed by atoms with Gasteiger partial charge in [0.05, 0.1) is 12.0 Å². The molecule has 0 radical (unpaired) electrons. The number of phenols is 1. The SMILES string of the molecule is COc1cccc(CNc2ccc(S(=O)(=O)Nc3ccccc3)cc2)c1O.O=C(O)C(F)(F)F. The molecule has 0 atom stereocenters. The molecule has 3 aromatic rings. The van der Waals surface area contributed by atoms with E-state index in [4.69, 9.17) is 14.6 Å². The highest BCUT2D eigenvalue weighted by Gasteiger charge is 2.38. The predicted molar refractivity (Wildman–Crippen MR) is 119 cm³/mol. The Morgan fingerprint density at radius 1 is 0.941 bits per heavy atom. The quantitative estimate of drug-likeness (QED) is 0.379. The average molecular weight is 498 g/mol. The number of alkyl halides is 3. The van der Waals surface area contributed by atoms with Crippen molar-refractivity contribution in [3.05, 3.63) is 78.4 Å². The number of phenolic OH excluding ortho intramolecular Hbond substituents is 1. The van der Waals surface area contributed by atoms with Gasteiger partial charge in [-0.2, -0.15) is 13.2 Å². The number of anilines is 2. The molecule has 12 heteroatoms. The number of nitrogens with one attached hydrogen (secondary N) is 2. The van der Waals surface area contributed by atoms with Crippen molar-refractivity contribution in [3.63, 3.8) is 0 Å². The lowest BCUT2D eigenvalue weighted by molar-refractivity contribution is -0.192. The Morgan fingerprint density at radius 3 is 2.06 bits per heavy atom. The molecule has 0 aliphatic heterocycles. The van der Waals surface area contributed by atoms with Crippen LogP contribution in [0, 0.1) is 0 Å². The van der Waals surface area contributed by atoms with E-state index in [0.29, 0.717) is 23.5 Å². The summed E-state index contributed by atoms with van der Waals surface area (Å²) in [5, 5.41) is 20.4. The normalized spacial score (nSPS) is 11.1. The maximum atomic E-state index is 12.4. The second-order valence-electron chi connectivity index (χ2n) is 6.62. The number of para-hydroxylation sites is 2. The van der Waals surface area contributed by atoms with Crippen LogP contribution >= 0.6 is 0 Å². The Balaban J connectivity index is 0.000000509. The minimum Gasteiger partial charge on any atom is -0.504 e. The largest absolute Gasteiger partial charge is 0.504 e. The summed E-state index contributed by atoms with van der Waals surface area (Å²) in [6.45, 7) is 0.372. The van der Waals surface area contributed by atoms with Crippen LogP contribution in [0.1, 0.15) is 5.56 Å². The first-order chi connectivity index (χ1) is 15.9. The molecular weight excluding hydrogens is 477 g/mol. The van der Waals surface area contributed by atoms with Crippen molar-refractivity contribution in [2.45, 2.75) is 17.6 Å². The van der Waals surface area contributed by atoms with Gasteiger partial charge in [-0.1, -0.05) is 30.3 Å². The standard InChI is InChI=1S/C20H20N2O4S.C2HF3O2/c1-26-19-9-5-6-15(20(19)23)14-21-16-10-12-18(13-11-16)27(24,25)22-17-7-3-2-4-8-17;3-2(4,5)1(6)7/h2-13,21-23H,14H2,1H3;(H,6,7). The number of hydrogen-bond donors (Lipinski definition) is 4. The summed E-state index contributed by atoms with van der Waals surface area (Å²) < 4.78 is 64.2. The van der Waals surface area contributed by atoms with Crippen LogP contribution in [0.25, 0.3) is 0 Å². The lowest BCUT2D eigenvalue weighted by atomic mass is 10.2. The van der Waals surface area contributed by atoms with Crippen molar-refractivity contribution in [2.24, 2.45) is 0 Å². The van der Waals surface area contributed by atoms with E-state index >= 15 is 0 Å². The number of aliphatic carboxylic acids is 1. The molecule has 0 saturated carbocycles. The van der Waals surface area contributed by atoms with Crippen LogP contribution in [-0.2, 0) is 21.4 Å². The number of hydrogen-bond acceptors (Lipinski definition) is 6. The fourth-order valence-corrected chi connectivity index (χ4v) is 3.60. The summed E-state index contributed by atoms with van der Waals surface area (Å²) in [4.78, 5) is 9.06. The van der Waals surface area contributed by atoms with Gasteiger partial charge < -0.3 is 20.3 Å². The molecule has 3 rings (SSSR count). The number of carboxylic acid groups (broad SMARTS) is 1. The van der Waals surface area contributed by atoms with Gasteiger partial charge in [0.1, 0.15) is 0 Å². The first-order valence-corrected chi connectivity index (χ1v) is 11.0. The zero-order valence-electron chi connectivity index (χ0n) is 17.7. The van der Waals surface area contributed by atoms with E-state index < -0.39 is 22.2 Å². The lowest BCUT2D eigenvalue weighted by Gasteiger charge is -2.12. The summed E-state index contributed by atoms with van der Waals surface area (Å²) in [7, 11) is -2.15. The Hall–Kier alpha value is -3.93. The Labute approximate surface area is 193 Å². The maximum absolute atomic E-state index is 12.4. The highest BCUT2D eigenvalue weighted by molar-refractivity contribution is 7.92. The molecule has 0 bridgehead atoms. The first-order valence-electron chi connectivity index (χ1n) is 9.51. The van der Waals surface area contributed by atoms with E-state index in [0.717, 1.165) is 5.69 Å². The van der Waals surface area contributed by atoms with Crippen LogP contribution in [0.3, 0.4) is 0 Å². The third-order valence-electron chi connectivity index (χ3n) is 4.22. The van der Waals surface area contributed by atoms with Crippen LogP contribution < -0.4 is 14.8 Å². The molecule has 0 amide bonds. The van der Waals surface area contributed by atoms with Crippen LogP contribution in [0.5, 0.6) is 11.5 Å². The van der Waals surface area contributed by atoms with Gasteiger partial charge in [0, 0.05) is 23.5 Å². The molecule has 34 heavy (non-hydrogen) atoms. The Kier molecular flexibility index (Phi) is 8.73. The molecular formula is C22H21F3N2O6S. The number of aromatic hydroxyl groups is 1. The van der Waals surface area contributed by atoms with Crippen molar-refractivity contribution < 1.29 is 41.3 Å². The zero-order valence-corrected chi connectivity index (χ0v) is 18.5. The maximum Gasteiger partial charge on any atom is 0.490 e. The monoisotopic (exact) mass is 498 g/mol. The van der Waals surface area contributed by atoms with E-state index in [2.05, 4.69) is 10.0 Å². The van der Waals surface area contributed by atoms with Gasteiger partial charge in [-0.25, -0.2) is 13.2 Å². The van der Waals surface area contributed by atoms with E-state index in [1.54, 1.807) is 54.6 Å². The fraction of sp³-hybridized carbons (Fsp3) is 0.136. The topological polar surface area (TPSA) is 125 Å². The number of carbonyl (C=O) groups is 1. The number of halogens is 3. The fourth-order valence-electron chi connectivity index (χ4n) is 2.54. The van der Waals surface area contributed by atoms with Gasteiger partial charge in [0.15, 0.2) is 11.5 Å². The number of carboxylic acids is 1. The summed E-state index contributed by atoms with van der Waals surface area (Å²) in [6.07, 6.45) is -5.08. The minimum atomic E-state index is -5.08. The van der Waals surface area contributed by atoms with Crippen LogP contribution in [0.15, 0.2) is 77.7 Å². The van der Waals surface area contributed by atoms with Crippen molar-refractivity contribution >= 4 is 27.4 Å². The van der Waals surface area contributed by atoms with Gasteiger partial charge in [0.25, 0.3) is 10.0 Å². The van der Waals surface area contributed by atoms with Gasteiger partial charge >= 0.3 is 12.1 Å². The third kappa shape index (κ3) is 7.59. The number of benzene rings is 3. The van der Waals surface area contributed by atoms with E-state index in [1.165, 1.54) is 19.2 Å². The molecule has 0 spiro atoms. The third-order valence-corrected chi connectivity index (χ3v) is 5.62. The number of rotatable bonds is 7. The van der Waals surface area contributed by atoms with Crippen molar-refractivity contribution in [3.8, 4) is 11.5 Å². The summed E-state index contributed by atoms with van der Waals surface area (Å²) >= 11 is 0. The van der Waals surface area contributed by atoms with Gasteiger partial charge in [0.2, 0.25) is 0 Å². The van der Waals surface area contributed by atoms with Crippen molar-refractivity contribution in [1.82, 2.24) is 0 Å². The predicted octanol–water partition coefficient (Wildman–Crippen LogP) is 4.45. The number of sulfonamides is 1. The molecule has 0 heterocycles. The average Bonchev–Trinajstić information content (AvgIpc) is 2.79. The number of methoxy groups -OCH3 is 1. The molecule has 182 valence electrons. The second kappa shape index (κ2) is 11.3. The van der Waals surface area contributed by atoms with Gasteiger partial charge in [-0.3, -0.25) is 4.72 Å². The molecule has 0 aliphatic rings. The molecule has 0 saturated heterocycles. The van der Waals surface area contributed by atoms with Crippen molar-refractivity contribution in [1.29, 1.82) is 0 Å². The van der Waals surface area contributed by atoms with Crippen LogP contribution in [0.4, 0.5) is 24.5 Å². The van der Waals surface area contributed by atoms with Gasteiger partial charge in [-0.15, -0.1) is 0 Å². The summed E-state index contributed by atoms with van der Waals surface area (Å²) in [6, 6.07) is 20.4. The smallest absolute Gasteiger partial charge is 0.490 e. The Morgan fingerprint density at radius 2 is 1.53 bits per heavy atom. The summed E-state index contributed by atoms with van der Waals surface area (Å²) in [5.41, 5.74) is 1.92. The van der Waals surface area contributed by atoms with E-state index in [1.807, 2.05) is 6.07 Å². The molecule has 0 fully saturated rings. The van der Waals surface area contributed by atoms with Crippen molar-refractivity contribution in [2.75, 3.05) is 17.1 Å². The Bertz CT molecular complexity index is 1200.